The lowest BCUT2D eigenvalue weighted by Crippen LogP contribution is -2.20. The minimum absolute atomic E-state index is 0.198. The first-order valence-electron chi connectivity index (χ1n) is 8.89. The van der Waals surface area contributed by atoms with Crippen molar-refractivity contribution in [2.45, 2.75) is 19.9 Å². The fraction of sp³-hybridized carbons (Fsp3) is 0.211. The van der Waals surface area contributed by atoms with E-state index < -0.39 is 6.03 Å². The van der Waals surface area contributed by atoms with E-state index in [1.807, 2.05) is 61.9 Å². The Hall–Kier alpha value is -3.75. The van der Waals surface area contributed by atoms with Crippen molar-refractivity contribution in [1.29, 1.82) is 0 Å². The summed E-state index contributed by atoms with van der Waals surface area (Å²) in [7, 11) is 1.83. The van der Waals surface area contributed by atoms with Gasteiger partial charge in [-0.05, 0) is 38.1 Å². The predicted molar refractivity (Wildman–Crippen MR) is 107 cm³/mol. The second kappa shape index (κ2) is 7.10. The zero-order valence-corrected chi connectivity index (χ0v) is 15.8. The number of nitrogens with zero attached hydrogens (tertiary/aromatic N) is 6. The number of fused-ring (bicyclic) bond motifs is 1. The molecule has 0 atom stereocenters. The van der Waals surface area contributed by atoms with Crippen LogP contribution in [0.15, 0.2) is 48.8 Å². The van der Waals surface area contributed by atoms with Gasteiger partial charge in [0.05, 0.1) is 5.52 Å². The van der Waals surface area contributed by atoms with E-state index in [1.165, 1.54) is 0 Å². The average Bonchev–Trinajstić information content (AvgIpc) is 3.28. The highest BCUT2D eigenvalue weighted by Crippen LogP contribution is 2.22. The number of hydrogen-bond acceptors (Lipinski definition) is 5. The third-order valence-electron chi connectivity index (χ3n) is 4.34. The summed E-state index contributed by atoms with van der Waals surface area (Å²) >= 11 is 0. The van der Waals surface area contributed by atoms with E-state index >= 15 is 0 Å². The van der Waals surface area contributed by atoms with Crippen LogP contribution in [0.5, 0.6) is 0 Å². The van der Waals surface area contributed by atoms with Gasteiger partial charge in [-0.3, -0.25) is 15.3 Å². The highest BCUT2D eigenvalue weighted by molar-refractivity contribution is 6.04. The molecule has 0 saturated carbocycles. The van der Waals surface area contributed by atoms with E-state index in [2.05, 4.69) is 30.9 Å². The molecule has 3 heterocycles. The molecule has 0 saturated heterocycles. The maximum Gasteiger partial charge on any atom is 0.326 e. The molecule has 9 heteroatoms. The molecule has 2 amide bonds. The first kappa shape index (κ1) is 17.7. The Labute approximate surface area is 161 Å². The van der Waals surface area contributed by atoms with Crippen LogP contribution in [0.25, 0.3) is 22.4 Å². The normalized spacial score (nSPS) is 11.1. The van der Waals surface area contributed by atoms with Crippen molar-refractivity contribution in [3.05, 3.63) is 48.8 Å². The van der Waals surface area contributed by atoms with Crippen LogP contribution < -0.4 is 10.6 Å². The van der Waals surface area contributed by atoms with Crippen molar-refractivity contribution in [1.82, 2.24) is 29.5 Å². The second-order valence-corrected chi connectivity index (χ2v) is 6.63. The lowest BCUT2D eigenvalue weighted by atomic mass is 10.2. The number of urea groups is 1. The third-order valence-corrected chi connectivity index (χ3v) is 4.34. The van der Waals surface area contributed by atoms with Gasteiger partial charge in [0, 0.05) is 18.5 Å². The molecule has 0 unspecified atom stereocenters. The van der Waals surface area contributed by atoms with E-state index in [0.29, 0.717) is 23.2 Å². The Kier molecular flexibility index (Phi) is 4.48. The molecule has 0 radical (unpaired) electrons. The molecule has 0 aliphatic carbocycles. The summed E-state index contributed by atoms with van der Waals surface area (Å²) in [5.41, 5.74) is 1.57. The molecule has 0 aliphatic rings. The summed E-state index contributed by atoms with van der Waals surface area (Å²) < 4.78 is 3.65. The summed E-state index contributed by atoms with van der Waals surface area (Å²) in [6.45, 7) is 4.08. The van der Waals surface area contributed by atoms with Crippen molar-refractivity contribution in [3.63, 3.8) is 0 Å². The number of aromatic nitrogens is 6. The highest BCUT2D eigenvalue weighted by Gasteiger charge is 2.14. The molecule has 4 aromatic rings. The zero-order chi connectivity index (χ0) is 19.7. The van der Waals surface area contributed by atoms with Gasteiger partial charge in [0.1, 0.15) is 17.8 Å². The first-order valence-corrected chi connectivity index (χ1v) is 8.89. The molecule has 1 aromatic carbocycles. The number of carbonyl (C=O) groups excluding carboxylic acids is 1. The number of pyridine rings is 1. The summed E-state index contributed by atoms with van der Waals surface area (Å²) in [6.07, 6.45) is 1.67. The standard InChI is InChI=1S/C19H20N8O/c1-12(2)27-11-20-24-18(27)14-8-6-10-16(21-14)22-19(28)23-17-13-7-4-5-9-15(13)26(3)25-17/h4-12H,1-3H3,(H2,21,22,23,25,28). The lowest BCUT2D eigenvalue weighted by molar-refractivity contribution is 0.262. The molecule has 2 N–H and O–H groups in total. The number of para-hydroxylation sites is 1. The number of aryl methyl sites for hydroxylation is 1. The van der Waals surface area contributed by atoms with Crippen molar-refractivity contribution < 1.29 is 4.79 Å². The number of carbonyl (C=O) groups is 1. The molecular formula is C19H20N8O. The van der Waals surface area contributed by atoms with Gasteiger partial charge in [0.25, 0.3) is 0 Å². The van der Waals surface area contributed by atoms with Crippen LogP contribution in [-0.4, -0.2) is 35.6 Å². The maximum atomic E-state index is 12.5. The Morgan fingerprint density at radius 1 is 1.07 bits per heavy atom. The van der Waals surface area contributed by atoms with Crippen LogP contribution in [0, 0.1) is 0 Å². The van der Waals surface area contributed by atoms with Crippen LogP contribution >= 0.6 is 0 Å². The Morgan fingerprint density at radius 3 is 2.71 bits per heavy atom. The number of anilines is 2. The summed E-state index contributed by atoms with van der Waals surface area (Å²) in [4.78, 5) is 16.9. The molecule has 0 aliphatic heterocycles. The molecule has 3 aromatic heterocycles. The largest absolute Gasteiger partial charge is 0.326 e. The first-order chi connectivity index (χ1) is 13.5. The number of nitrogens with one attached hydrogen (secondary N) is 2. The number of benzene rings is 1. The number of rotatable bonds is 4. The minimum Gasteiger partial charge on any atom is -0.310 e. The molecule has 28 heavy (non-hydrogen) atoms. The van der Waals surface area contributed by atoms with Crippen molar-refractivity contribution >= 4 is 28.6 Å². The van der Waals surface area contributed by atoms with Crippen molar-refractivity contribution in [2.75, 3.05) is 10.6 Å². The Morgan fingerprint density at radius 2 is 1.89 bits per heavy atom. The van der Waals surface area contributed by atoms with E-state index in [4.69, 9.17) is 0 Å². The minimum atomic E-state index is -0.418. The SMILES string of the molecule is CC(C)n1cnnc1-c1cccc(NC(=O)Nc2nn(C)c3ccccc23)n1. The van der Waals surface area contributed by atoms with Crippen molar-refractivity contribution in [3.8, 4) is 11.5 Å². The molecule has 4 rings (SSSR count). The predicted octanol–water partition coefficient (Wildman–Crippen LogP) is 3.45. The van der Waals surface area contributed by atoms with Gasteiger partial charge < -0.3 is 4.57 Å². The average molecular weight is 376 g/mol. The van der Waals surface area contributed by atoms with Gasteiger partial charge >= 0.3 is 6.03 Å². The molecule has 0 spiro atoms. The van der Waals surface area contributed by atoms with Gasteiger partial charge in [-0.15, -0.1) is 10.2 Å². The monoisotopic (exact) mass is 376 g/mol. The van der Waals surface area contributed by atoms with Crippen LogP contribution in [0.2, 0.25) is 0 Å². The summed E-state index contributed by atoms with van der Waals surface area (Å²) in [6, 6.07) is 12.8. The Balaban J connectivity index is 1.54. The van der Waals surface area contributed by atoms with Crippen LogP contribution in [0.3, 0.4) is 0 Å². The fourth-order valence-corrected chi connectivity index (χ4v) is 2.99. The molecule has 9 nitrogen and oxygen atoms in total. The molecule has 0 bridgehead atoms. The number of amides is 2. The smallest absolute Gasteiger partial charge is 0.310 e. The van der Waals surface area contributed by atoms with E-state index in [0.717, 1.165) is 10.9 Å². The summed E-state index contributed by atoms with van der Waals surface area (Å²) in [5.74, 6) is 1.55. The van der Waals surface area contributed by atoms with Gasteiger partial charge in [-0.2, -0.15) is 5.10 Å². The van der Waals surface area contributed by atoms with Crippen LogP contribution in [0.1, 0.15) is 19.9 Å². The number of hydrogen-bond donors (Lipinski definition) is 2. The molecule has 142 valence electrons. The van der Waals surface area contributed by atoms with Gasteiger partial charge in [-0.1, -0.05) is 18.2 Å². The van der Waals surface area contributed by atoms with E-state index in [-0.39, 0.29) is 6.04 Å². The summed E-state index contributed by atoms with van der Waals surface area (Å²) in [5, 5.41) is 18.9. The quantitative estimate of drug-likeness (QED) is 0.568. The van der Waals surface area contributed by atoms with Gasteiger partial charge in [-0.25, -0.2) is 9.78 Å². The van der Waals surface area contributed by atoms with Gasteiger partial charge in [0.2, 0.25) is 0 Å². The fourth-order valence-electron chi connectivity index (χ4n) is 2.99. The van der Waals surface area contributed by atoms with E-state index in [1.54, 1.807) is 17.1 Å². The van der Waals surface area contributed by atoms with Crippen LogP contribution in [-0.2, 0) is 7.05 Å². The topological polar surface area (TPSA) is 103 Å². The van der Waals surface area contributed by atoms with E-state index in [9.17, 15) is 4.79 Å². The third kappa shape index (κ3) is 3.29. The molecular weight excluding hydrogens is 356 g/mol. The molecule has 0 fully saturated rings. The zero-order valence-electron chi connectivity index (χ0n) is 15.8. The van der Waals surface area contributed by atoms with Crippen molar-refractivity contribution in [2.24, 2.45) is 7.05 Å². The second-order valence-electron chi connectivity index (χ2n) is 6.63. The highest BCUT2D eigenvalue weighted by atomic mass is 16.2. The lowest BCUT2D eigenvalue weighted by Gasteiger charge is -2.10. The van der Waals surface area contributed by atoms with Crippen LogP contribution in [0.4, 0.5) is 16.4 Å². The van der Waals surface area contributed by atoms with Gasteiger partial charge in [0.15, 0.2) is 11.6 Å². The maximum absolute atomic E-state index is 12.5. The Bertz CT molecular complexity index is 1140.